The molecule has 4 nitrogen and oxygen atoms in total. The zero-order chi connectivity index (χ0) is 12.5. The summed E-state index contributed by atoms with van der Waals surface area (Å²) in [4.78, 5) is 6.87. The number of aromatic nitrogens is 1. The Morgan fingerprint density at radius 3 is 3.00 bits per heavy atom. The standard InChI is InChI=1S/C14H21N3O.ClH/c1-10-2-3-14(18)13(16-10)9-17-5-4-11-6-15-7-12(11)8-17;/h2-3,11-12,15,18H,4-9H2,1H3;1H. The highest BCUT2D eigenvalue weighted by Gasteiger charge is 2.32. The molecule has 5 heteroatoms. The van der Waals surface area contributed by atoms with E-state index in [4.69, 9.17) is 0 Å². The van der Waals surface area contributed by atoms with E-state index >= 15 is 0 Å². The second-order valence-electron chi connectivity index (χ2n) is 5.62. The molecule has 2 N–H and O–H groups in total. The van der Waals surface area contributed by atoms with Crippen LogP contribution in [0.3, 0.4) is 0 Å². The van der Waals surface area contributed by atoms with Crippen molar-refractivity contribution in [3.63, 3.8) is 0 Å². The fourth-order valence-corrected chi connectivity index (χ4v) is 3.19. The van der Waals surface area contributed by atoms with Crippen molar-refractivity contribution in [2.75, 3.05) is 26.2 Å². The van der Waals surface area contributed by atoms with Crippen LogP contribution in [0.1, 0.15) is 17.8 Å². The number of halogens is 1. The van der Waals surface area contributed by atoms with Crippen molar-refractivity contribution >= 4 is 12.4 Å². The number of rotatable bonds is 2. The molecule has 0 aromatic carbocycles. The van der Waals surface area contributed by atoms with Crippen LogP contribution in [-0.4, -0.2) is 41.2 Å². The summed E-state index contributed by atoms with van der Waals surface area (Å²) < 4.78 is 0. The molecule has 0 aliphatic carbocycles. The Labute approximate surface area is 120 Å². The fraction of sp³-hybridized carbons (Fsp3) is 0.643. The Hall–Kier alpha value is -0.840. The first kappa shape index (κ1) is 14.6. The molecule has 3 heterocycles. The first-order valence-electron chi connectivity index (χ1n) is 6.81. The lowest BCUT2D eigenvalue weighted by atomic mass is 9.88. The van der Waals surface area contributed by atoms with Gasteiger partial charge >= 0.3 is 0 Å². The fourth-order valence-electron chi connectivity index (χ4n) is 3.19. The molecule has 0 saturated carbocycles. The van der Waals surface area contributed by atoms with Crippen LogP contribution < -0.4 is 5.32 Å². The van der Waals surface area contributed by atoms with Crippen LogP contribution in [-0.2, 0) is 6.54 Å². The summed E-state index contributed by atoms with van der Waals surface area (Å²) in [7, 11) is 0. The van der Waals surface area contributed by atoms with E-state index in [1.807, 2.05) is 13.0 Å². The number of aromatic hydroxyl groups is 1. The smallest absolute Gasteiger partial charge is 0.138 e. The molecule has 19 heavy (non-hydrogen) atoms. The van der Waals surface area contributed by atoms with Gasteiger partial charge in [0.2, 0.25) is 0 Å². The average molecular weight is 284 g/mol. The Morgan fingerprint density at radius 2 is 2.16 bits per heavy atom. The zero-order valence-electron chi connectivity index (χ0n) is 11.3. The largest absolute Gasteiger partial charge is 0.506 e. The van der Waals surface area contributed by atoms with Crippen LogP contribution in [0.2, 0.25) is 0 Å². The van der Waals surface area contributed by atoms with Crippen LogP contribution >= 0.6 is 12.4 Å². The van der Waals surface area contributed by atoms with Gasteiger partial charge in [0.05, 0.1) is 5.69 Å². The van der Waals surface area contributed by atoms with Crippen molar-refractivity contribution in [2.45, 2.75) is 19.9 Å². The molecule has 2 saturated heterocycles. The molecule has 0 radical (unpaired) electrons. The quantitative estimate of drug-likeness (QED) is 0.865. The first-order valence-corrected chi connectivity index (χ1v) is 6.81. The maximum absolute atomic E-state index is 9.85. The number of aryl methyl sites for hydroxylation is 1. The third-order valence-electron chi connectivity index (χ3n) is 4.25. The lowest BCUT2D eigenvalue weighted by Gasteiger charge is -2.34. The topological polar surface area (TPSA) is 48.4 Å². The number of pyridine rings is 1. The van der Waals surface area contributed by atoms with Crippen LogP contribution in [0.25, 0.3) is 0 Å². The highest BCUT2D eigenvalue weighted by atomic mass is 35.5. The van der Waals surface area contributed by atoms with Gasteiger partial charge in [-0.05, 0) is 56.9 Å². The van der Waals surface area contributed by atoms with Gasteiger partial charge in [-0.15, -0.1) is 12.4 Å². The highest BCUT2D eigenvalue weighted by molar-refractivity contribution is 5.85. The Kier molecular flexibility index (Phi) is 4.66. The molecular formula is C14H22ClN3O. The number of nitrogens with one attached hydrogen (secondary N) is 1. The van der Waals surface area contributed by atoms with E-state index in [1.165, 1.54) is 13.0 Å². The van der Waals surface area contributed by atoms with Crippen molar-refractivity contribution in [1.29, 1.82) is 0 Å². The van der Waals surface area contributed by atoms with Crippen LogP contribution in [0, 0.1) is 18.8 Å². The van der Waals surface area contributed by atoms with Gasteiger partial charge in [-0.3, -0.25) is 9.88 Å². The molecule has 0 amide bonds. The third-order valence-corrected chi connectivity index (χ3v) is 4.25. The number of likely N-dealkylation sites (tertiary alicyclic amines) is 1. The van der Waals surface area contributed by atoms with Gasteiger partial charge in [-0.2, -0.15) is 0 Å². The number of piperidine rings is 1. The number of hydrogen-bond donors (Lipinski definition) is 2. The van der Waals surface area contributed by atoms with Gasteiger partial charge in [0.15, 0.2) is 0 Å². The summed E-state index contributed by atoms with van der Waals surface area (Å²) in [5.74, 6) is 1.97. The van der Waals surface area contributed by atoms with E-state index in [2.05, 4.69) is 15.2 Å². The molecule has 2 aliphatic rings. The molecule has 2 unspecified atom stereocenters. The number of nitrogens with zero attached hydrogens (tertiary/aromatic N) is 2. The highest BCUT2D eigenvalue weighted by Crippen LogP contribution is 2.28. The minimum atomic E-state index is 0. The molecular weight excluding hydrogens is 262 g/mol. The van der Waals surface area contributed by atoms with Crippen molar-refractivity contribution in [3.05, 3.63) is 23.5 Å². The van der Waals surface area contributed by atoms with E-state index < -0.39 is 0 Å². The summed E-state index contributed by atoms with van der Waals surface area (Å²) in [6.45, 7) is 7.33. The minimum Gasteiger partial charge on any atom is -0.506 e. The molecule has 106 valence electrons. The predicted octanol–water partition coefficient (Wildman–Crippen LogP) is 1.56. The van der Waals surface area contributed by atoms with Gasteiger partial charge in [0.25, 0.3) is 0 Å². The molecule has 0 bridgehead atoms. The molecule has 2 aliphatic heterocycles. The van der Waals surface area contributed by atoms with Gasteiger partial charge < -0.3 is 10.4 Å². The van der Waals surface area contributed by atoms with Crippen molar-refractivity contribution < 1.29 is 5.11 Å². The van der Waals surface area contributed by atoms with E-state index in [9.17, 15) is 5.11 Å². The first-order chi connectivity index (χ1) is 8.72. The van der Waals surface area contributed by atoms with Crippen LogP contribution in [0.4, 0.5) is 0 Å². The maximum atomic E-state index is 9.85. The van der Waals surface area contributed by atoms with Gasteiger partial charge in [0, 0.05) is 18.8 Å². The zero-order valence-corrected chi connectivity index (χ0v) is 12.1. The van der Waals surface area contributed by atoms with E-state index in [1.54, 1.807) is 6.07 Å². The van der Waals surface area contributed by atoms with Crippen LogP contribution in [0.5, 0.6) is 5.75 Å². The third kappa shape index (κ3) is 3.19. The monoisotopic (exact) mass is 283 g/mol. The van der Waals surface area contributed by atoms with E-state index in [0.717, 1.165) is 49.4 Å². The number of hydrogen-bond acceptors (Lipinski definition) is 4. The Morgan fingerprint density at radius 1 is 1.37 bits per heavy atom. The minimum absolute atomic E-state index is 0. The maximum Gasteiger partial charge on any atom is 0.138 e. The summed E-state index contributed by atoms with van der Waals surface area (Å²) in [6, 6.07) is 3.60. The lowest BCUT2D eigenvalue weighted by Crippen LogP contribution is -2.39. The van der Waals surface area contributed by atoms with Crippen molar-refractivity contribution in [2.24, 2.45) is 11.8 Å². The number of fused-ring (bicyclic) bond motifs is 1. The van der Waals surface area contributed by atoms with Crippen LogP contribution in [0.15, 0.2) is 12.1 Å². The SMILES string of the molecule is Cc1ccc(O)c(CN2CCC3CNCC3C2)n1.Cl. The molecule has 1 aromatic rings. The van der Waals surface area contributed by atoms with Crippen molar-refractivity contribution in [3.8, 4) is 5.75 Å². The Balaban J connectivity index is 0.00000133. The normalized spacial score (nSPS) is 26.8. The molecule has 3 rings (SSSR count). The molecule has 0 spiro atoms. The lowest BCUT2D eigenvalue weighted by molar-refractivity contribution is 0.139. The Bertz CT molecular complexity index is 441. The van der Waals surface area contributed by atoms with Crippen molar-refractivity contribution in [1.82, 2.24) is 15.2 Å². The molecule has 1 aromatic heterocycles. The summed E-state index contributed by atoms with van der Waals surface area (Å²) >= 11 is 0. The molecule has 2 fully saturated rings. The summed E-state index contributed by atoms with van der Waals surface area (Å²) in [5, 5.41) is 13.3. The van der Waals surface area contributed by atoms with E-state index in [-0.39, 0.29) is 12.4 Å². The summed E-state index contributed by atoms with van der Waals surface area (Å²) in [6.07, 6.45) is 1.27. The summed E-state index contributed by atoms with van der Waals surface area (Å²) in [5.41, 5.74) is 1.79. The molecule has 2 atom stereocenters. The van der Waals surface area contributed by atoms with Gasteiger partial charge in [-0.25, -0.2) is 0 Å². The second kappa shape index (κ2) is 6.07. The van der Waals surface area contributed by atoms with Gasteiger partial charge in [0.1, 0.15) is 5.75 Å². The van der Waals surface area contributed by atoms with Gasteiger partial charge in [-0.1, -0.05) is 0 Å². The van der Waals surface area contributed by atoms with E-state index in [0.29, 0.717) is 5.75 Å². The predicted molar refractivity (Wildman–Crippen MR) is 77.6 cm³/mol. The second-order valence-corrected chi connectivity index (χ2v) is 5.62. The average Bonchev–Trinajstić information content (AvgIpc) is 2.81.